The van der Waals surface area contributed by atoms with Crippen molar-refractivity contribution in [3.63, 3.8) is 0 Å². The topological polar surface area (TPSA) is 72.2 Å². The first-order chi connectivity index (χ1) is 8.94. The van der Waals surface area contributed by atoms with Crippen molar-refractivity contribution < 1.29 is 8.42 Å². The Labute approximate surface area is 115 Å². The number of sulfonamides is 1. The summed E-state index contributed by atoms with van der Waals surface area (Å²) in [4.78, 5) is 0. The van der Waals surface area contributed by atoms with Crippen LogP contribution < -0.4 is 10.5 Å². The van der Waals surface area contributed by atoms with E-state index < -0.39 is 10.0 Å². The van der Waals surface area contributed by atoms with E-state index in [0.29, 0.717) is 23.6 Å². The van der Waals surface area contributed by atoms with Gasteiger partial charge in [-0.2, -0.15) is 0 Å². The largest absolute Gasteiger partial charge is 0.320 e. The lowest BCUT2D eigenvalue weighted by atomic mass is 10.2. The fourth-order valence-electron chi connectivity index (χ4n) is 1.44. The third kappa shape index (κ3) is 5.77. The zero-order valence-electron chi connectivity index (χ0n) is 11.3. The van der Waals surface area contributed by atoms with Gasteiger partial charge in [0.1, 0.15) is 0 Å². The van der Waals surface area contributed by atoms with Gasteiger partial charge in [0.2, 0.25) is 10.0 Å². The van der Waals surface area contributed by atoms with Gasteiger partial charge in [0.05, 0.1) is 18.0 Å². The highest BCUT2D eigenvalue weighted by molar-refractivity contribution is 7.92. The van der Waals surface area contributed by atoms with Crippen LogP contribution in [0.2, 0.25) is 0 Å². The summed E-state index contributed by atoms with van der Waals surface area (Å²) in [7, 11) is -3.33. The van der Waals surface area contributed by atoms with Gasteiger partial charge in [-0.05, 0) is 24.5 Å². The Morgan fingerprint density at radius 1 is 1.32 bits per heavy atom. The zero-order chi connectivity index (χ0) is 14.3. The van der Waals surface area contributed by atoms with Crippen molar-refractivity contribution in [3.05, 3.63) is 29.8 Å². The minimum absolute atomic E-state index is 0.114. The molecule has 0 heterocycles. The van der Waals surface area contributed by atoms with Gasteiger partial charge >= 0.3 is 0 Å². The molecule has 5 heteroatoms. The number of anilines is 1. The molecule has 0 bridgehead atoms. The van der Waals surface area contributed by atoms with Crippen LogP contribution in [0, 0.1) is 17.8 Å². The first-order valence-corrected chi connectivity index (χ1v) is 7.88. The zero-order valence-corrected chi connectivity index (χ0v) is 12.1. The number of nitrogens with one attached hydrogen (secondary N) is 1. The van der Waals surface area contributed by atoms with E-state index in [9.17, 15) is 8.42 Å². The van der Waals surface area contributed by atoms with Crippen LogP contribution in [0.15, 0.2) is 24.3 Å². The second-order valence-electron chi connectivity index (χ2n) is 4.65. The maximum atomic E-state index is 11.9. The average Bonchev–Trinajstić information content (AvgIpc) is 2.35. The number of nitrogens with two attached hydrogens (primary N) is 1. The number of benzene rings is 1. The number of para-hydroxylation sites is 1. The summed E-state index contributed by atoms with van der Waals surface area (Å²) in [6.07, 6.45) is 0.631. The van der Waals surface area contributed by atoms with Gasteiger partial charge in [-0.1, -0.05) is 37.8 Å². The molecule has 0 aliphatic carbocycles. The van der Waals surface area contributed by atoms with E-state index in [1.54, 1.807) is 18.2 Å². The fraction of sp³-hybridized carbons (Fsp3) is 0.429. The van der Waals surface area contributed by atoms with E-state index in [4.69, 9.17) is 5.73 Å². The number of hydrogen-bond acceptors (Lipinski definition) is 3. The first-order valence-electron chi connectivity index (χ1n) is 6.23. The molecule has 0 saturated heterocycles. The summed E-state index contributed by atoms with van der Waals surface area (Å²) in [5.74, 6) is 6.05. The highest BCUT2D eigenvalue weighted by Gasteiger charge is 2.12. The van der Waals surface area contributed by atoms with Gasteiger partial charge in [0.25, 0.3) is 0 Å². The molecule has 0 radical (unpaired) electrons. The predicted molar refractivity (Wildman–Crippen MR) is 79.2 cm³/mol. The maximum Gasteiger partial charge on any atom is 0.232 e. The van der Waals surface area contributed by atoms with Crippen LogP contribution in [0.25, 0.3) is 0 Å². The molecule has 104 valence electrons. The molecule has 1 aromatic rings. The number of rotatable bonds is 5. The summed E-state index contributed by atoms with van der Waals surface area (Å²) in [6, 6.07) is 7.05. The van der Waals surface area contributed by atoms with Crippen molar-refractivity contribution in [1.82, 2.24) is 0 Å². The van der Waals surface area contributed by atoms with Crippen molar-refractivity contribution in [2.45, 2.75) is 20.3 Å². The normalized spacial score (nSPS) is 10.9. The van der Waals surface area contributed by atoms with E-state index in [1.807, 2.05) is 19.9 Å². The smallest absolute Gasteiger partial charge is 0.232 e. The summed E-state index contributed by atoms with van der Waals surface area (Å²) in [6.45, 7) is 4.24. The Balaban J connectivity index is 2.87. The van der Waals surface area contributed by atoms with Gasteiger partial charge in [-0.25, -0.2) is 8.42 Å². The third-order valence-corrected chi connectivity index (χ3v) is 3.79. The molecule has 0 spiro atoms. The van der Waals surface area contributed by atoms with Gasteiger partial charge in [-0.3, -0.25) is 4.72 Å². The lowest BCUT2D eigenvalue weighted by Gasteiger charge is -2.10. The van der Waals surface area contributed by atoms with E-state index in [1.165, 1.54) is 0 Å². The molecule has 0 aromatic heterocycles. The molecule has 3 N–H and O–H groups in total. The second kappa shape index (κ2) is 7.17. The number of hydrogen-bond donors (Lipinski definition) is 2. The van der Waals surface area contributed by atoms with Crippen molar-refractivity contribution in [3.8, 4) is 11.8 Å². The van der Waals surface area contributed by atoms with Crippen molar-refractivity contribution in [2.75, 3.05) is 17.0 Å². The third-order valence-electron chi connectivity index (χ3n) is 2.48. The second-order valence-corrected chi connectivity index (χ2v) is 6.50. The Bertz CT molecular complexity index is 569. The summed E-state index contributed by atoms with van der Waals surface area (Å²) in [5, 5.41) is 0. The summed E-state index contributed by atoms with van der Waals surface area (Å²) < 4.78 is 26.5. The van der Waals surface area contributed by atoms with Crippen LogP contribution in [0.4, 0.5) is 5.69 Å². The van der Waals surface area contributed by atoms with Crippen LogP contribution in [-0.2, 0) is 10.0 Å². The van der Waals surface area contributed by atoms with E-state index in [-0.39, 0.29) is 12.3 Å². The van der Waals surface area contributed by atoms with Gasteiger partial charge in [0.15, 0.2) is 0 Å². The first kappa shape index (κ1) is 15.5. The van der Waals surface area contributed by atoms with E-state index in [0.717, 1.165) is 0 Å². The predicted octanol–water partition coefficient (Wildman–Crippen LogP) is 1.78. The lowest BCUT2D eigenvalue weighted by molar-refractivity contribution is 0.578. The van der Waals surface area contributed by atoms with Crippen molar-refractivity contribution in [1.29, 1.82) is 0 Å². The Morgan fingerprint density at radius 2 is 2.00 bits per heavy atom. The molecular formula is C14H20N2O2S. The molecule has 0 aliphatic heterocycles. The Morgan fingerprint density at radius 3 is 2.63 bits per heavy atom. The molecule has 0 saturated carbocycles. The molecule has 1 aromatic carbocycles. The summed E-state index contributed by atoms with van der Waals surface area (Å²) in [5.41, 5.74) is 6.47. The van der Waals surface area contributed by atoms with Gasteiger partial charge in [-0.15, -0.1) is 0 Å². The lowest BCUT2D eigenvalue weighted by Crippen LogP contribution is -2.18. The van der Waals surface area contributed by atoms with Crippen molar-refractivity contribution >= 4 is 15.7 Å². The highest BCUT2D eigenvalue weighted by atomic mass is 32.2. The standard InChI is InChI=1S/C14H20N2O2S/c1-12(2)9-11-19(17,18)16-14-8-4-3-6-13(14)7-5-10-15/h3-4,6,8,12,16H,9-11,15H2,1-2H3. The Hall–Kier alpha value is -1.51. The molecule has 0 atom stereocenters. The molecule has 4 nitrogen and oxygen atoms in total. The van der Waals surface area contributed by atoms with Gasteiger partial charge in [0, 0.05) is 5.56 Å². The average molecular weight is 280 g/mol. The fourth-order valence-corrected chi connectivity index (χ4v) is 2.83. The van der Waals surface area contributed by atoms with Crippen LogP contribution in [0.1, 0.15) is 25.8 Å². The van der Waals surface area contributed by atoms with E-state index >= 15 is 0 Å². The van der Waals surface area contributed by atoms with Crippen LogP contribution in [0.3, 0.4) is 0 Å². The van der Waals surface area contributed by atoms with Crippen LogP contribution in [0.5, 0.6) is 0 Å². The molecule has 0 aliphatic rings. The van der Waals surface area contributed by atoms with Crippen LogP contribution in [-0.4, -0.2) is 20.7 Å². The monoisotopic (exact) mass is 280 g/mol. The molecule has 0 unspecified atom stereocenters. The SMILES string of the molecule is CC(C)CCS(=O)(=O)Nc1ccccc1C#CCN. The maximum absolute atomic E-state index is 11.9. The minimum Gasteiger partial charge on any atom is -0.320 e. The molecule has 0 fully saturated rings. The Kier molecular flexibility index (Phi) is 5.87. The molecule has 19 heavy (non-hydrogen) atoms. The van der Waals surface area contributed by atoms with E-state index in [2.05, 4.69) is 16.6 Å². The van der Waals surface area contributed by atoms with Crippen molar-refractivity contribution in [2.24, 2.45) is 11.7 Å². The molecule has 1 rings (SSSR count). The minimum atomic E-state index is -3.33. The quantitative estimate of drug-likeness (QED) is 0.808. The van der Waals surface area contributed by atoms with Gasteiger partial charge < -0.3 is 5.73 Å². The molecule has 0 amide bonds. The summed E-state index contributed by atoms with van der Waals surface area (Å²) >= 11 is 0. The molecular weight excluding hydrogens is 260 g/mol. The highest BCUT2D eigenvalue weighted by Crippen LogP contribution is 2.16. The van der Waals surface area contributed by atoms with Crippen LogP contribution >= 0.6 is 0 Å².